The first-order valence-electron chi connectivity index (χ1n) is 5.93. The Kier molecular flexibility index (Phi) is 3.44. The van der Waals surface area contributed by atoms with Gasteiger partial charge in [0.15, 0.2) is 18.1 Å². The van der Waals surface area contributed by atoms with Gasteiger partial charge in [-0.2, -0.15) is 4.98 Å². The van der Waals surface area contributed by atoms with Gasteiger partial charge in [0.05, 0.1) is 0 Å². The van der Waals surface area contributed by atoms with Crippen molar-refractivity contribution in [3.63, 3.8) is 0 Å². The zero-order valence-corrected chi connectivity index (χ0v) is 11.7. The number of hydrogen-bond acceptors (Lipinski definition) is 8. The highest BCUT2D eigenvalue weighted by Crippen LogP contribution is 2.22. The summed E-state index contributed by atoms with van der Waals surface area (Å²) < 4.78 is 15.1. The highest BCUT2D eigenvalue weighted by Gasteiger charge is 2.16. The van der Waals surface area contributed by atoms with E-state index in [4.69, 9.17) is 26.6 Å². The fourth-order valence-electron chi connectivity index (χ4n) is 1.61. The molecule has 0 unspecified atom stereocenters. The second kappa shape index (κ2) is 5.41. The average molecular weight is 308 g/mol. The molecule has 9 heteroatoms. The third-order valence-corrected chi connectivity index (χ3v) is 3.11. The number of nitrogens with zero attached hydrogens (tertiary/aromatic N) is 4. The summed E-state index contributed by atoms with van der Waals surface area (Å²) in [6.45, 7) is 2.00. The predicted octanol–water partition coefficient (Wildman–Crippen LogP) is 2.24. The van der Waals surface area contributed by atoms with Gasteiger partial charge in [0.1, 0.15) is 5.75 Å². The van der Waals surface area contributed by atoms with Crippen LogP contribution >= 0.6 is 11.6 Å². The van der Waals surface area contributed by atoms with Crippen molar-refractivity contribution in [2.75, 3.05) is 5.73 Å². The SMILES string of the molecule is Cc1cc(OCc2nc(-c3nonc3N)no2)ccc1Cl. The zero-order valence-electron chi connectivity index (χ0n) is 10.9. The quantitative estimate of drug-likeness (QED) is 0.780. The van der Waals surface area contributed by atoms with Crippen LogP contribution in [0.2, 0.25) is 5.02 Å². The Labute approximate surface area is 123 Å². The van der Waals surface area contributed by atoms with Gasteiger partial charge in [0, 0.05) is 5.02 Å². The number of aryl methyl sites for hydroxylation is 1. The van der Waals surface area contributed by atoms with Crippen LogP contribution in [0.4, 0.5) is 5.82 Å². The van der Waals surface area contributed by atoms with Gasteiger partial charge in [-0.25, -0.2) is 4.63 Å². The maximum atomic E-state index is 5.94. The molecule has 0 bridgehead atoms. The Morgan fingerprint density at radius 2 is 2.14 bits per heavy atom. The molecule has 0 aliphatic carbocycles. The maximum absolute atomic E-state index is 5.94. The molecule has 0 atom stereocenters. The van der Waals surface area contributed by atoms with Gasteiger partial charge in [0.2, 0.25) is 5.82 Å². The first kappa shape index (κ1) is 13.4. The van der Waals surface area contributed by atoms with Crippen molar-refractivity contribution in [2.45, 2.75) is 13.5 Å². The van der Waals surface area contributed by atoms with Crippen molar-refractivity contribution in [2.24, 2.45) is 0 Å². The van der Waals surface area contributed by atoms with E-state index < -0.39 is 0 Å². The van der Waals surface area contributed by atoms with Gasteiger partial charge in [0.25, 0.3) is 5.89 Å². The molecule has 0 spiro atoms. The van der Waals surface area contributed by atoms with Crippen LogP contribution in [0.25, 0.3) is 11.5 Å². The van der Waals surface area contributed by atoms with Crippen LogP contribution < -0.4 is 10.5 Å². The fourth-order valence-corrected chi connectivity index (χ4v) is 1.73. The topological polar surface area (TPSA) is 113 Å². The van der Waals surface area contributed by atoms with Crippen LogP contribution in [-0.2, 0) is 6.61 Å². The summed E-state index contributed by atoms with van der Waals surface area (Å²) in [6, 6.07) is 5.33. The first-order valence-corrected chi connectivity index (χ1v) is 6.31. The Balaban J connectivity index is 1.70. The van der Waals surface area contributed by atoms with Crippen molar-refractivity contribution in [1.29, 1.82) is 0 Å². The fraction of sp³-hybridized carbons (Fsp3) is 0.167. The lowest BCUT2D eigenvalue weighted by atomic mass is 10.2. The lowest BCUT2D eigenvalue weighted by molar-refractivity contribution is 0.243. The molecule has 0 saturated carbocycles. The van der Waals surface area contributed by atoms with Crippen LogP contribution in [0, 0.1) is 6.92 Å². The monoisotopic (exact) mass is 307 g/mol. The first-order chi connectivity index (χ1) is 10.1. The summed E-state index contributed by atoms with van der Waals surface area (Å²) in [4.78, 5) is 4.10. The summed E-state index contributed by atoms with van der Waals surface area (Å²) in [5, 5.41) is 11.4. The Hall–Kier alpha value is -2.61. The van der Waals surface area contributed by atoms with Gasteiger partial charge in [-0.1, -0.05) is 16.8 Å². The van der Waals surface area contributed by atoms with E-state index in [1.165, 1.54) is 0 Å². The van der Waals surface area contributed by atoms with Crippen molar-refractivity contribution < 1.29 is 13.9 Å². The van der Waals surface area contributed by atoms with E-state index in [1.54, 1.807) is 12.1 Å². The lowest BCUT2D eigenvalue weighted by Gasteiger charge is -2.04. The smallest absolute Gasteiger partial charge is 0.264 e. The molecule has 8 nitrogen and oxygen atoms in total. The number of aromatic nitrogens is 4. The van der Waals surface area contributed by atoms with E-state index in [-0.39, 0.29) is 29.8 Å². The molecule has 1 aromatic carbocycles. The lowest BCUT2D eigenvalue weighted by Crippen LogP contribution is -1.96. The van der Waals surface area contributed by atoms with E-state index in [0.29, 0.717) is 10.8 Å². The van der Waals surface area contributed by atoms with Crippen molar-refractivity contribution in [3.8, 4) is 17.3 Å². The molecule has 2 aromatic heterocycles. The Bertz CT molecular complexity index is 770. The molecule has 2 heterocycles. The second-order valence-electron chi connectivity index (χ2n) is 4.21. The van der Waals surface area contributed by atoms with Crippen LogP contribution in [0.1, 0.15) is 11.5 Å². The van der Waals surface area contributed by atoms with Crippen molar-refractivity contribution in [1.82, 2.24) is 20.5 Å². The summed E-state index contributed by atoms with van der Waals surface area (Å²) in [5.41, 5.74) is 6.69. The minimum Gasteiger partial charge on any atom is -0.484 e. The maximum Gasteiger partial charge on any atom is 0.264 e. The number of hydrogen-bond donors (Lipinski definition) is 1. The molecule has 108 valence electrons. The molecule has 0 amide bonds. The molecular formula is C12H10ClN5O3. The van der Waals surface area contributed by atoms with Gasteiger partial charge in [-0.3, -0.25) is 0 Å². The molecule has 2 N–H and O–H groups in total. The van der Waals surface area contributed by atoms with Crippen molar-refractivity contribution in [3.05, 3.63) is 34.7 Å². The van der Waals surface area contributed by atoms with E-state index in [2.05, 4.69) is 25.1 Å². The van der Waals surface area contributed by atoms with E-state index >= 15 is 0 Å². The van der Waals surface area contributed by atoms with E-state index in [9.17, 15) is 0 Å². The molecule has 3 rings (SSSR count). The number of anilines is 1. The van der Waals surface area contributed by atoms with Crippen LogP contribution in [0.5, 0.6) is 5.75 Å². The van der Waals surface area contributed by atoms with Crippen LogP contribution in [0.3, 0.4) is 0 Å². The third-order valence-electron chi connectivity index (χ3n) is 2.69. The number of halogens is 1. The molecule has 3 aromatic rings. The molecular weight excluding hydrogens is 298 g/mol. The zero-order chi connectivity index (χ0) is 14.8. The number of ether oxygens (including phenoxy) is 1. The molecule has 0 radical (unpaired) electrons. The summed E-state index contributed by atoms with van der Waals surface area (Å²) in [6.07, 6.45) is 0. The Morgan fingerprint density at radius 3 is 2.86 bits per heavy atom. The second-order valence-corrected chi connectivity index (χ2v) is 4.62. The number of rotatable bonds is 4. The predicted molar refractivity (Wildman–Crippen MR) is 72.5 cm³/mol. The largest absolute Gasteiger partial charge is 0.484 e. The Morgan fingerprint density at radius 1 is 1.29 bits per heavy atom. The van der Waals surface area contributed by atoms with Gasteiger partial charge in [-0.15, -0.1) is 0 Å². The van der Waals surface area contributed by atoms with Crippen molar-refractivity contribution >= 4 is 17.4 Å². The van der Waals surface area contributed by atoms with Gasteiger partial charge in [-0.05, 0) is 41.0 Å². The molecule has 0 fully saturated rings. The van der Waals surface area contributed by atoms with E-state index in [1.807, 2.05) is 13.0 Å². The van der Waals surface area contributed by atoms with Crippen LogP contribution in [0.15, 0.2) is 27.4 Å². The minimum atomic E-state index is 0.0941. The van der Waals surface area contributed by atoms with Gasteiger partial charge < -0.3 is 15.0 Å². The number of benzene rings is 1. The molecule has 0 saturated heterocycles. The number of nitrogen functional groups attached to an aromatic ring is 1. The molecule has 0 aliphatic heterocycles. The van der Waals surface area contributed by atoms with Gasteiger partial charge >= 0.3 is 0 Å². The molecule has 21 heavy (non-hydrogen) atoms. The number of nitrogens with two attached hydrogens (primary N) is 1. The summed E-state index contributed by atoms with van der Waals surface area (Å²) in [5.74, 6) is 1.22. The molecule has 0 aliphatic rings. The highest BCUT2D eigenvalue weighted by atomic mass is 35.5. The normalized spacial score (nSPS) is 10.8. The minimum absolute atomic E-state index is 0.0941. The van der Waals surface area contributed by atoms with Crippen LogP contribution in [-0.4, -0.2) is 20.5 Å². The summed E-state index contributed by atoms with van der Waals surface area (Å²) in [7, 11) is 0. The highest BCUT2D eigenvalue weighted by molar-refractivity contribution is 6.31. The average Bonchev–Trinajstić information content (AvgIpc) is 3.08. The third kappa shape index (κ3) is 2.79. The van der Waals surface area contributed by atoms with E-state index in [0.717, 1.165) is 5.56 Å². The summed E-state index contributed by atoms with van der Waals surface area (Å²) >= 11 is 5.94. The standard InChI is InChI=1S/C12H10ClN5O3/c1-6-4-7(2-3-8(6)13)19-5-9-15-12(18-20-9)10-11(14)17-21-16-10/h2-4H,5H2,1H3,(H2,14,17).